The smallest absolute Gasteiger partial charge is 0.332 e. The molecule has 3 aromatic rings. The van der Waals surface area contributed by atoms with Gasteiger partial charge >= 0.3 is 12.0 Å². The van der Waals surface area contributed by atoms with Crippen molar-refractivity contribution in [3.63, 3.8) is 0 Å². The summed E-state index contributed by atoms with van der Waals surface area (Å²) in [5.41, 5.74) is 1.73. The van der Waals surface area contributed by atoms with Gasteiger partial charge in [0.05, 0.1) is 22.2 Å². The number of rotatable bonds is 11. The Hall–Kier alpha value is -4.89. The summed E-state index contributed by atoms with van der Waals surface area (Å²) < 4.78 is 38.6. The molecule has 1 aliphatic heterocycles. The van der Waals surface area contributed by atoms with E-state index in [0.29, 0.717) is 27.9 Å². The summed E-state index contributed by atoms with van der Waals surface area (Å²) in [6.07, 6.45) is 1.58. The summed E-state index contributed by atoms with van der Waals surface area (Å²) in [5.74, 6) is -3.65. The zero-order valence-corrected chi connectivity index (χ0v) is 25.4. The van der Waals surface area contributed by atoms with Crippen molar-refractivity contribution in [1.82, 2.24) is 4.90 Å². The molecule has 1 aliphatic carbocycles. The molecule has 1 saturated carbocycles. The van der Waals surface area contributed by atoms with Gasteiger partial charge in [-0.15, -0.1) is 0 Å². The molecule has 45 heavy (non-hydrogen) atoms. The van der Waals surface area contributed by atoms with E-state index < -0.39 is 44.9 Å². The lowest BCUT2D eigenvalue weighted by Gasteiger charge is -2.28. The van der Waals surface area contributed by atoms with Crippen LogP contribution in [0, 0.1) is 17.1 Å². The molecule has 2 aliphatic rings. The summed E-state index contributed by atoms with van der Waals surface area (Å²) in [6.45, 7) is 3.17. The minimum absolute atomic E-state index is 0.0706. The summed E-state index contributed by atoms with van der Waals surface area (Å²) >= 11 is 0. The normalized spacial score (nSPS) is 16.1. The first-order valence-corrected chi connectivity index (χ1v) is 15.9. The van der Waals surface area contributed by atoms with Crippen molar-refractivity contribution in [3.8, 4) is 6.07 Å². The van der Waals surface area contributed by atoms with Gasteiger partial charge in [0.15, 0.2) is 15.6 Å². The lowest BCUT2D eigenvalue weighted by Crippen LogP contribution is -2.43. The molecule has 12 heteroatoms. The van der Waals surface area contributed by atoms with Crippen molar-refractivity contribution >= 4 is 39.2 Å². The Morgan fingerprint density at radius 3 is 2.31 bits per heavy atom. The van der Waals surface area contributed by atoms with E-state index in [9.17, 15) is 37.2 Å². The van der Waals surface area contributed by atoms with Crippen LogP contribution in [0.2, 0.25) is 0 Å². The maximum Gasteiger partial charge on any atom is 0.332 e. The highest BCUT2D eigenvalue weighted by Crippen LogP contribution is 2.44. The zero-order valence-electron chi connectivity index (χ0n) is 24.6. The van der Waals surface area contributed by atoms with Gasteiger partial charge < -0.3 is 10.0 Å². The van der Waals surface area contributed by atoms with Crippen molar-refractivity contribution in [3.05, 3.63) is 94.3 Å². The van der Waals surface area contributed by atoms with Gasteiger partial charge in [-0.25, -0.2) is 22.5 Å². The Labute approximate surface area is 259 Å². The number of aliphatic carboxylic acids is 1. The van der Waals surface area contributed by atoms with Crippen LogP contribution in [0.3, 0.4) is 0 Å². The van der Waals surface area contributed by atoms with Gasteiger partial charge in [-0.1, -0.05) is 18.2 Å². The first kappa shape index (κ1) is 31.5. The van der Waals surface area contributed by atoms with E-state index in [2.05, 4.69) is 6.07 Å². The highest BCUT2D eigenvalue weighted by molar-refractivity contribution is 7.92. The van der Waals surface area contributed by atoms with Gasteiger partial charge in [0, 0.05) is 19.4 Å². The van der Waals surface area contributed by atoms with Gasteiger partial charge in [-0.05, 0) is 97.3 Å². The number of halogens is 1. The third kappa shape index (κ3) is 6.49. The molecule has 10 nitrogen and oxygen atoms in total. The molecule has 1 N–H and O–H groups in total. The molecule has 0 atom stereocenters. The Morgan fingerprint density at radius 1 is 1.00 bits per heavy atom. The molecule has 0 aromatic heterocycles. The summed E-state index contributed by atoms with van der Waals surface area (Å²) in [7, 11) is -4.02. The minimum Gasteiger partial charge on any atom is -0.480 e. The molecule has 1 heterocycles. The van der Waals surface area contributed by atoms with Gasteiger partial charge in [0.2, 0.25) is 0 Å². The number of Topliss-reactive ketones (excluding diaryl/α,β-unsaturated/α-hetero) is 1. The van der Waals surface area contributed by atoms with E-state index in [1.54, 1.807) is 32.0 Å². The van der Waals surface area contributed by atoms with Gasteiger partial charge in [0.1, 0.15) is 17.1 Å². The summed E-state index contributed by atoms with van der Waals surface area (Å²) in [5, 5.41) is 18.3. The average Bonchev–Trinajstić information content (AvgIpc) is 3.79. The maximum atomic E-state index is 14.4. The first-order chi connectivity index (χ1) is 21.2. The van der Waals surface area contributed by atoms with E-state index >= 15 is 0 Å². The number of urea groups is 1. The van der Waals surface area contributed by atoms with Gasteiger partial charge in [0.25, 0.3) is 5.91 Å². The van der Waals surface area contributed by atoms with Crippen LogP contribution in [0.15, 0.2) is 65.6 Å². The maximum absolute atomic E-state index is 14.4. The van der Waals surface area contributed by atoms with Crippen molar-refractivity contribution in [2.75, 3.05) is 10.7 Å². The van der Waals surface area contributed by atoms with Crippen LogP contribution in [0.4, 0.5) is 14.9 Å². The fourth-order valence-electron chi connectivity index (χ4n) is 5.50. The second-order valence-electron chi connectivity index (χ2n) is 11.8. The number of hydrogen-bond acceptors (Lipinski definition) is 7. The highest BCUT2D eigenvalue weighted by atomic mass is 32.2. The number of ketones is 1. The van der Waals surface area contributed by atoms with Crippen LogP contribution in [0.1, 0.15) is 60.4 Å². The Morgan fingerprint density at radius 2 is 1.69 bits per heavy atom. The number of nitriles is 1. The van der Waals surface area contributed by atoms with E-state index in [0.717, 1.165) is 23.3 Å². The molecule has 0 bridgehead atoms. The number of carboxylic acids is 1. The highest BCUT2D eigenvalue weighted by Gasteiger charge is 2.52. The van der Waals surface area contributed by atoms with E-state index in [4.69, 9.17) is 5.11 Å². The second kappa shape index (κ2) is 11.9. The number of nitrogens with zero attached hydrogens (tertiary/aromatic N) is 3. The largest absolute Gasteiger partial charge is 0.480 e. The number of benzene rings is 3. The molecular formula is C33H30FN3O7S. The minimum atomic E-state index is -4.02. The topological polar surface area (TPSA) is 153 Å². The van der Waals surface area contributed by atoms with Crippen LogP contribution < -0.4 is 4.90 Å². The zero-order chi connectivity index (χ0) is 32.7. The van der Waals surface area contributed by atoms with Crippen molar-refractivity contribution < 1.29 is 37.1 Å². The SMILES string of the molecule is CC1(C)C(=O)N(c2ccc(C#N)c(C3CC3)c2)C(=O)N1Cc1ccc(F)cc1CC(=O)Cc1ccc(S(=O)(=O)CC(=O)O)cc1. The first-order valence-electron chi connectivity index (χ1n) is 14.2. The molecule has 0 radical (unpaired) electrons. The predicted molar refractivity (Wildman–Crippen MR) is 161 cm³/mol. The van der Waals surface area contributed by atoms with Gasteiger partial charge in [-0.3, -0.25) is 14.4 Å². The fourth-order valence-corrected chi connectivity index (χ4v) is 6.54. The predicted octanol–water partition coefficient (Wildman–Crippen LogP) is 4.53. The summed E-state index contributed by atoms with van der Waals surface area (Å²) in [4.78, 5) is 53.5. The van der Waals surface area contributed by atoms with Crippen LogP contribution >= 0.6 is 0 Å². The third-order valence-electron chi connectivity index (χ3n) is 8.14. The Bertz CT molecular complexity index is 1880. The van der Waals surface area contributed by atoms with Crippen LogP contribution in [-0.2, 0) is 43.6 Å². The number of carboxylic acid groups (broad SMARTS) is 1. The van der Waals surface area contributed by atoms with Crippen LogP contribution in [0.5, 0.6) is 0 Å². The van der Waals surface area contributed by atoms with Crippen molar-refractivity contribution in [2.24, 2.45) is 0 Å². The number of hydrogen-bond donors (Lipinski definition) is 1. The molecule has 232 valence electrons. The molecule has 3 amide bonds. The van der Waals surface area contributed by atoms with E-state index in [1.807, 2.05) is 0 Å². The molecule has 3 aromatic carbocycles. The average molecular weight is 632 g/mol. The van der Waals surface area contributed by atoms with E-state index in [-0.39, 0.29) is 36.0 Å². The molecule has 0 spiro atoms. The number of anilines is 1. The molecule has 2 fully saturated rings. The lowest BCUT2D eigenvalue weighted by molar-refractivity contribution is -0.134. The second-order valence-corrected chi connectivity index (χ2v) is 13.8. The third-order valence-corrected chi connectivity index (χ3v) is 9.75. The van der Waals surface area contributed by atoms with Crippen LogP contribution in [-0.4, -0.2) is 53.4 Å². The molecule has 0 unspecified atom stereocenters. The standard InChI is InChI=1S/C33H30FN3O7S/c1-33(2)31(41)37(26-10-8-22(17-35)29(16-26)21-5-6-21)32(42)36(33)18-23-7-9-25(34)14-24(23)15-27(38)13-20-3-11-28(12-4-20)45(43,44)19-30(39)40/h3-4,7-12,14,16,21H,5-6,13,15,18-19H2,1-2H3,(H,39,40). The molecular weight excluding hydrogens is 601 g/mol. The molecule has 5 rings (SSSR count). The number of amides is 3. The number of carbonyl (C=O) groups is 4. The molecule has 1 saturated heterocycles. The Kier molecular flexibility index (Phi) is 8.33. The fraction of sp³-hybridized carbons (Fsp3) is 0.303. The summed E-state index contributed by atoms with van der Waals surface area (Å²) in [6, 6.07) is 15.7. The number of imide groups is 1. The number of sulfone groups is 1. The number of carbonyl (C=O) groups excluding carboxylic acids is 3. The van der Waals surface area contributed by atoms with Crippen molar-refractivity contribution in [2.45, 2.75) is 62.4 Å². The van der Waals surface area contributed by atoms with Gasteiger partial charge in [-0.2, -0.15) is 5.26 Å². The quantitative estimate of drug-likeness (QED) is 0.303. The van der Waals surface area contributed by atoms with Crippen LogP contribution in [0.25, 0.3) is 0 Å². The van der Waals surface area contributed by atoms with Crippen molar-refractivity contribution in [1.29, 1.82) is 5.26 Å². The Balaban J connectivity index is 1.34. The van der Waals surface area contributed by atoms with E-state index in [1.165, 1.54) is 47.4 Å². The monoisotopic (exact) mass is 631 g/mol. The lowest BCUT2D eigenvalue weighted by atomic mass is 9.97.